The van der Waals surface area contributed by atoms with Crippen molar-refractivity contribution in [2.45, 2.75) is 26.2 Å². The Morgan fingerprint density at radius 2 is 2.05 bits per heavy atom. The zero-order valence-electron chi connectivity index (χ0n) is 11.9. The van der Waals surface area contributed by atoms with Gasteiger partial charge in [-0.3, -0.25) is 0 Å². The normalized spacial score (nSPS) is 19.3. The van der Waals surface area contributed by atoms with Gasteiger partial charge in [0.2, 0.25) is 0 Å². The largest absolute Gasteiger partial charge is 0.492 e. The molecule has 0 bridgehead atoms. The molecule has 1 aliphatic rings. The van der Waals surface area contributed by atoms with E-state index in [4.69, 9.17) is 9.47 Å². The third kappa shape index (κ3) is 3.00. The van der Waals surface area contributed by atoms with Crippen LogP contribution in [-0.4, -0.2) is 27.3 Å². The smallest absolute Gasteiger partial charge is 0.197 e. The molecule has 1 aromatic rings. The first kappa shape index (κ1) is 14.1. The highest BCUT2D eigenvalue weighted by Gasteiger charge is 2.21. The van der Waals surface area contributed by atoms with E-state index in [1.807, 2.05) is 13.0 Å². The van der Waals surface area contributed by atoms with Gasteiger partial charge < -0.3 is 14.8 Å². The van der Waals surface area contributed by atoms with Gasteiger partial charge in [-0.25, -0.2) is 4.39 Å². The number of ether oxygens (including phenoxy) is 2. The first-order valence-corrected chi connectivity index (χ1v) is 6.78. The van der Waals surface area contributed by atoms with Gasteiger partial charge in [0.1, 0.15) is 0 Å². The minimum atomic E-state index is -0.282. The second kappa shape index (κ2) is 6.24. The lowest BCUT2D eigenvalue weighted by Gasteiger charge is -2.23. The number of piperidine rings is 1. The van der Waals surface area contributed by atoms with Crippen molar-refractivity contribution in [1.82, 2.24) is 5.32 Å². The van der Waals surface area contributed by atoms with Crippen molar-refractivity contribution in [2.75, 3.05) is 27.3 Å². The molecule has 0 aromatic heterocycles. The molecule has 2 rings (SSSR count). The van der Waals surface area contributed by atoms with Crippen molar-refractivity contribution in [3.8, 4) is 11.5 Å². The first-order valence-electron chi connectivity index (χ1n) is 6.78. The molecule has 0 radical (unpaired) electrons. The van der Waals surface area contributed by atoms with Crippen LogP contribution in [0.4, 0.5) is 4.39 Å². The van der Waals surface area contributed by atoms with Crippen molar-refractivity contribution in [2.24, 2.45) is 5.92 Å². The maximum atomic E-state index is 14.4. The lowest BCUT2D eigenvalue weighted by Crippen LogP contribution is -2.31. The maximum absolute atomic E-state index is 14.4. The minimum absolute atomic E-state index is 0.223. The monoisotopic (exact) mass is 267 g/mol. The number of rotatable bonds is 4. The SMILES string of the molecule is COc1c(C)cc(CC2CCCNC2)c(F)c1OC. The Bertz CT molecular complexity index is 442. The Morgan fingerprint density at radius 1 is 1.32 bits per heavy atom. The van der Waals surface area contributed by atoms with Crippen LogP contribution in [0.5, 0.6) is 11.5 Å². The summed E-state index contributed by atoms with van der Waals surface area (Å²) < 4.78 is 24.8. The molecule has 3 nitrogen and oxygen atoms in total. The van der Waals surface area contributed by atoms with Gasteiger partial charge in [-0.2, -0.15) is 0 Å². The zero-order chi connectivity index (χ0) is 13.8. The van der Waals surface area contributed by atoms with E-state index in [-0.39, 0.29) is 11.6 Å². The summed E-state index contributed by atoms with van der Waals surface area (Å²) in [6, 6.07) is 1.88. The Labute approximate surface area is 114 Å². The molecule has 1 N–H and O–H groups in total. The average molecular weight is 267 g/mol. The van der Waals surface area contributed by atoms with E-state index >= 15 is 0 Å². The summed E-state index contributed by atoms with van der Waals surface area (Å²) in [7, 11) is 3.02. The maximum Gasteiger partial charge on any atom is 0.197 e. The van der Waals surface area contributed by atoms with Gasteiger partial charge in [-0.1, -0.05) is 0 Å². The van der Waals surface area contributed by atoms with Gasteiger partial charge in [0.25, 0.3) is 0 Å². The number of aryl methyl sites for hydroxylation is 1. The summed E-state index contributed by atoms with van der Waals surface area (Å²) in [6.07, 6.45) is 3.07. The van der Waals surface area contributed by atoms with Crippen molar-refractivity contribution in [3.05, 3.63) is 23.0 Å². The van der Waals surface area contributed by atoms with Crippen LogP contribution in [-0.2, 0) is 6.42 Å². The van der Waals surface area contributed by atoms with E-state index in [9.17, 15) is 4.39 Å². The van der Waals surface area contributed by atoms with Crippen molar-refractivity contribution in [1.29, 1.82) is 0 Å². The third-order valence-electron chi connectivity index (χ3n) is 3.75. The lowest BCUT2D eigenvalue weighted by atomic mass is 9.91. The van der Waals surface area contributed by atoms with Gasteiger partial charge in [0.05, 0.1) is 14.2 Å². The number of nitrogens with one attached hydrogen (secondary N) is 1. The van der Waals surface area contributed by atoms with Crippen LogP contribution >= 0.6 is 0 Å². The highest BCUT2D eigenvalue weighted by molar-refractivity contribution is 5.50. The van der Waals surface area contributed by atoms with Gasteiger partial charge in [-0.05, 0) is 62.4 Å². The molecular formula is C15H22FNO2. The van der Waals surface area contributed by atoms with Gasteiger partial charge in [-0.15, -0.1) is 0 Å². The fraction of sp³-hybridized carbons (Fsp3) is 0.600. The molecular weight excluding hydrogens is 245 g/mol. The van der Waals surface area contributed by atoms with Crippen molar-refractivity contribution >= 4 is 0 Å². The summed E-state index contributed by atoms with van der Waals surface area (Å²) in [5.74, 6) is 0.933. The van der Waals surface area contributed by atoms with Crippen LogP contribution in [0.2, 0.25) is 0 Å². The third-order valence-corrected chi connectivity index (χ3v) is 3.75. The highest BCUT2D eigenvalue weighted by Crippen LogP contribution is 2.36. The standard InChI is InChI=1S/C15H22FNO2/c1-10-7-12(8-11-5-4-6-17-9-11)13(16)15(19-3)14(10)18-2/h7,11,17H,4-6,8-9H2,1-3H3. The Hall–Kier alpha value is -1.29. The lowest BCUT2D eigenvalue weighted by molar-refractivity contribution is 0.329. The molecule has 1 atom stereocenters. The molecule has 0 aliphatic carbocycles. The molecule has 4 heteroatoms. The fourth-order valence-corrected chi connectivity index (χ4v) is 2.81. The average Bonchev–Trinajstić information content (AvgIpc) is 2.43. The van der Waals surface area contributed by atoms with E-state index < -0.39 is 0 Å². The van der Waals surface area contributed by atoms with Crippen LogP contribution < -0.4 is 14.8 Å². The molecule has 19 heavy (non-hydrogen) atoms. The van der Waals surface area contributed by atoms with Crippen LogP contribution in [0, 0.1) is 18.7 Å². The van der Waals surface area contributed by atoms with Crippen molar-refractivity contribution in [3.63, 3.8) is 0 Å². The van der Waals surface area contributed by atoms with E-state index in [0.29, 0.717) is 11.7 Å². The molecule has 106 valence electrons. The predicted molar refractivity (Wildman–Crippen MR) is 73.5 cm³/mol. The van der Waals surface area contributed by atoms with Gasteiger partial charge in [0, 0.05) is 0 Å². The van der Waals surface area contributed by atoms with Crippen molar-refractivity contribution < 1.29 is 13.9 Å². The van der Waals surface area contributed by atoms with Crippen LogP contribution in [0.1, 0.15) is 24.0 Å². The van der Waals surface area contributed by atoms with Crippen LogP contribution in [0.3, 0.4) is 0 Å². The molecule has 1 aliphatic heterocycles. The highest BCUT2D eigenvalue weighted by atomic mass is 19.1. The summed E-state index contributed by atoms with van der Waals surface area (Å²) >= 11 is 0. The number of hydrogen-bond acceptors (Lipinski definition) is 3. The number of halogens is 1. The predicted octanol–water partition coefficient (Wildman–Crippen LogP) is 2.69. The van der Waals surface area contributed by atoms with E-state index in [1.54, 1.807) is 0 Å². The molecule has 1 fully saturated rings. The molecule has 0 spiro atoms. The quantitative estimate of drug-likeness (QED) is 0.910. The number of benzene rings is 1. The topological polar surface area (TPSA) is 30.5 Å². The molecule has 0 amide bonds. The second-order valence-corrected chi connectivity index (χ2v) is 5.15. The van der Waals surface area contributed by atoms with Gasteiger partial charge in [0.15, 0.2) is 17.3 Å². The van der Waals surface area contributed by atoms with E-state index in [0.717, 1.165) is 37.1 Å². The zero-order valence-corrected chi connectivity index (χ0v) is 11.9. The number of hydrogen-bond donors (Lipinski definition) is 1. The second-order valence-electron chi connectivity index (χ2n) is 5.15. The Balaban J connectivity index is 2.27. The summed E-state index contributed by atoms with van der Waals surface area (Å²) in [5, 5.41) is 3.36. The fourth-order valence-electron chi connectivity index (χ4n) is 2.81. The molecule has 1 saturated heterocycles. The van der Waals surface area contributed by atoms with E-state index in [1.165, 1.54) is 20.6 Å². The van der Waals surface area contributed by atoms with Crippen LogP contribution in [0.15, 0.2) is 6.07 Å². The van der Waals surface area contributed by atoms with E-state index in [2.05, 4.69) is 5.32 Å². The Kier molecular flexibility index (Phi) is 4.64. The molecule has 1 unspecified atom stereocenters. The summed E-state index contributed by atoms with van der Waals surface area (Å²) in [5.41, 5.74) is 1.64. The first-order chi connectivity index (χ1) is 9.17. The Morgan fingerprint density at radius 3 is 2.63 bits per heavy atom. The molecule has 1 aromatic carbocycles. The summed E-state index contributed by atoms with van der Waals surface area (Å²) in [6.45, 7) is 3.96. The number of methoxy groups -OCH3 is 2. The molecule has 0 saturated carbocycles. The summed E-state index contributed by atoms with van der Waals surface area (Å²) in [4.78, 5) is 0. The minimum Gasteiger partial charge on any atom is -0.492 e. The van der Waals surface area contributed by atoms with Gasteiger partial charge >= 0.3 is 0 Å². The van der Waals surface area contributed by atoms with Crippen LogP contribution in [0.25, 0.3) is 0 Å². The molecule has 1 heterocycles.